The second kappa shape index (κ2) is 7.76. The van der Waals surface area contributed by atoms with Crippen LogP contribution in [0.2, 0.25) is 0 Å². The van der Waals surface area contributed by atoms with E-state index in [0.29, 0.717) is 12.5 Å². The quantitative estimate of drug-likeness (QED) is 0.642. The fourth-order valence-corrected chi connectivity index (χ4v) is 3.59. The summed E-state index contributed by atoms with van der Waals surface area (Å²) < 4.78 is 1.43. The number of piperidine rings is 1. The summed E-state index contributed by atoms with van der Waals surface area (Å²) in [5.74, 6) is 0.586. The van der Waals surface area contributed by atoms with Crippen molar-refractivity contribution in [2.45, 2.75) is 38.3 Å². The summed E-state index contributed by atoms with van der Waals surface area (Å²) in [6.07, 6.45) is 4.15. The molecular weight excluding hydrogens is 320 g/mol. The molecule has 1 aliphatic heterocycles. The van der Waals surface area contributed by atoms with Gasteiger partial charge in [0.1, 0.15) is 12.4 Å². The topological polar surface area (TPSA) is 84.4 Å². The minimum atomic E-state index is -0.588. The summed E-state index contributed by atoms with van der Waals surface area (Å²) in [7, 11) is 0. The van der Waals surface area contributed by atoms with Gasteiger partial charge in [-0.05, 0) is 49.9 Å². The smallest absolute Gasteiger partial charge is 0.306 e. The van der Waals surface area contributed by atoms with Gasteiger partial charge in [0.05, 0.1) is 17.6 Å². The lowest BCUT2D eigenvalue weighted by Gasteiger charge is -2.33. The van der Waals surface area contributed by atoms with Gasteiger partial charge in [-0.2, -0.15) is 5.10 Å². The Morgan fingerprint density at radius 3 is 2.68 bits per heavy atom. The van der Waals surface area contributed by atoms with E-state index in [1.54, 1.807) is 0 Å². The van der Waals surface area contributed by atoms with E-state index in [-0.39, 0.29) is 12.2 Å². The Labute approximate surface area is 147 Å². The van der Waals surface area contributed by atoms with Gasteiger partial charge in [0.15, 0.2) is 0 Å². The van der Waals surface area contributed by atoms with Crippen molar-refractivity contribution in [1.29, 1.82) is 0 Å². The highest BCUT2D eigenvalue weighted by atomic mass is 16.6. The highest BCUT2D eigenvalue weighted by Gasteiger charge is 2.23. The van der Waals surface area contributed by atoms with Crippen LogP contribution in [0.4, 0.5) is 5.69 Å². The summed E-state index contributed by atoms with van der Waals surface area (Å²) in [5, 5.41) is 24.9. The van der Waals surface area contributed by atoms with Crippen molar-refractivity contribution in [3.63, 3.8) is 0 Å². The maximum atomic E-state index is 10.7. The van der Waals surface area contributed by atoms with Crippen molar-refractivity contribution in [3.05, 3.63) is 57.9 Å². The van der Waals surface area contributed by atoms with E-state index in [0.717, 1.165) is 25.9 Å². The van der Waals surface area contributed by atoms with Crippen LogP contribution in [0.5, 0.6) is 0 Å². The third-order valence-corrected chi connectivity index (χ3v) is 4.91. The van der Waals surface area contributed by atoms with Crippen LogP contribution in [0.3, 0.4) is 0 Å². The van der Waals surface area contributed by atoms with Crippen molar-refractivity contribution >= 4 is 5.69 Å². The van der Waals surface area contributed by atoms with Crippen LogP contribution in [0.1, 0.15) is 29.9 Å². The second-order valence-electron chi connectivity index (χ2n) is 6.76. The SMILES string of the molecule is Cc1ccccc1C1CCN(C[C@@H](O)Cn2cc([N+](=O)[O-])cn2)CC1. The molecule has 2 aromatic rings. The number of nitro groups is 1. The molecule has 0 unspecified atom stereocenters. The first-order chi connectivity index (χ1) is 12.0. The molecule has 134 valence electrons. The summed E-state index contributed by atoms with van der Waals surface area (Å²) >= 11 is 0. The number of β-amino-alcohol motifs (C(OH)–C–C–N with tert-alkyl or cyclic N) is 1. The minimum Gasteiger partial charge on any atom is -0.390 e. The highest BCUT2D eigenvalue weighted by Crippen LogP contribution is 2.30. The monoisotopic (exact) mass is 344 g/mol. The van der Waals surface area contributed by atoms with Gasteiger partial charge in [0.25, 0.3) is 0 Å². The zero-order valence-corrected chi connectivity index (χ0v) is 14.4. The lowest BCUT2D eigenvalue weighted by molar-refractivity contribution is -0.385. The number of rotatable bonds is 6. The van der Waals surface area contributed by atoms with E-state index >= 15 is 0 Å². The maximum absolute atomic E-state index is 10.7. The number of aliphatic hydroxyl groups excluding tert-OH is 1. The summed E-state index contributed by atoms with van der Waals surface area (Å²) in [6, 6.07) is 8.55. The fraction of sp³-hybridized carbons (Fsp3) is 0.500. The Morgan fingerprint density at radius 1 is 1.32 bits per heavy atom. The molecule has 1 atom stereocenters. The number of aryl methyl sites for hydroxylation is 1. The van der Waals surface area contributed by atoms with Gasteiger partial charge in [-0.25, -0.2) is 0 Å². The fourth-order valence-electron chi connectivity index (χ4n) is 3.59. The van der Waals surface area contributed by atoms with Gasteiger partial charge >= 0.3 is 5.69 Å². The first-order valence-electron chi connectivity index (χ1n) is 8.65. The number of nitrogens with zero attached hydrogens (tertiary/aromatic N) is 4. The number of aromatic nitrogens is 2. The van der Waals surface area contributed by atoms with Crippen LogP contribution < -0.4 is 0 Å². The molecule has 1 N–H and O–H groups in total. The van der Waals surface area contributed by atoms with Crippen molar-refractivity contribution in [2.75, 3.05) is 19.6 Å². The predicted octanol–water partition coefficient (Wildman–Crippen LogP) is 2.34. The zero-order chi connectivity index (χ0) is 17.8. The van der Waals surface area contributed by atoms with Crippen LogP contribution in [0.15, 0.2) is 36.7 Å². The molecule has 0 spiro atoms. The summed E-state index contributed by atoms with van der Waals surface area (Å²) in [4.78, 5) is 12.5. The average molecular weight is 344 g/mol. The molecule has 1 fully saturated rings. The Hall–Kier alpha value is -2.25. The Balaban J connectivity index is 1.48. The van der Waals surface area contributed by atoms with Crippen molar-refractivity contribution in [3.8, 4) is 0 Å². The van der Waals surface area contributed by atoms with E-state index in [1.807, 2.05) is 0 Å². The van der Waals surface area contributed by atoms with Crippen molar-refractivity contribution in [2.24, 2.45) is 0 Å². The third-order valence-electron chi connectivity index (χ3n) is 4.91. The molecule has 1 aromatic heterocycles. The van der Waals surface area contributed by atoms with Crippen LogP contribution in [0, 0.1) is 17.0 Å². The van der Waals surface area contributed by atoms with Crippen LogP contribution >= 0.6 is 0 Å². The van der Waals surface area contributed by atoms with E-state index < -0.39 is 11.0 Å². The molecule has 1 aliphatic rings. The van der Waals surface area contributed by atoms with Crippen molar-refractivity contribution in [1.82, 2.24) is 14.7 Å². The van der Waals surface area contributed by atoms with E-state index in [4.69, 9.17) is 0 Å². The molecule has 1 aromatic carbocycles. The second-order valence-corrected chi connectivity index (χ2v) is 6.76. The van der Waals surface area contributed by atoms with Gasteiger partial charge in [-0.1, -0.05) is 24.3 Å². The van der Waals surface area contributed by atoms with Gasteiger partial charge in [-0.15, -0.1) is 0 Å². The number of likely N-dealkylation sites (tertiary alicyclic amines) is 1. The Morgan fingerprint density at radius 2 is 2.04 bits per heavy atom. The highest BCUT2D eigenvalue weighted by molar-refractivity contribution is 5.29. The molecule has 3 rings (SSSR count). The first-order valence-corrected chi connectivity index (χ1v) is 8.65. The molecule has 0 radical (unpaired) electrons. The van der Waals surface area contributed by atoms with Crippen molar-refractivity contribution < 1.29 is 10.0 Å². The first kappa shape index (κ1) is 17.6. The van der Waals surface area contributed by atoms with Gasteiger partial charge < -0.3 is 10.0 Å². The summed E-state index contributed by atoms with van der Waals surface area (Å²) in [6.45, 7) is 4.90. The molecule has 1 saturated heterocycles. The average Bonchev–Trinajstić information content (AvgIpc) is 3.05. The molecule has 2 heterocycles. The molecule has 0 bridgehead atoms. The number of hydrogen-bond acceptors (Lipinski definition) is 5. The van der Waals surface area contributed by atoms with E-state index in [9.17, 15) is 15.2 Å². The van der Waals surface area contributed by atoms with Gasteiger partial charge in [-0.3, -0.25) is 14.8 Å². The molecule has 25 heavy (non-hydrogen) atoms. The molecular formula is C18H24N4O3. The van der Waals surface area contributed by atoms with Gasteiger partial charge in [0.2, 0.25) is 0 Å². The number of benzene rings is 1. The van der Waals surface area contributed by atoms with Gasteiger partial charge in [0, 0.05) is 6.54 Å². The van der Waals surface area contributed by atoms with E-state index in [1.165, 1.54) is 28.2 Å². The molecule has 7 nitrogen and oxygen atoms in total. The lowest BCUT2D eigenvalue weighted by Crippen LogP contribution is -2.39. The number of hydrogen-bond donors (Lipinski definition) is 1. The van der Waals surface area contributed by atoms with Crippen LogP contribution in [-0.4, -0.2) is 50.4 Å². The Kier molecular flexibility index (Phi) is 5.45. The summed E-state index contributed by atoms with van der Waals surface area (Å²) in [5.41, 5.74) is 2.74. The minimum absolute atomic E-state index is 0.0498. The largest absolute Gasteiger partial charge is 0.390 e. The number of aliphatic hydroxyl groups is 1. The van der Waals surface area contributed by atoms with Crippen LogP contribution in [-0.2, 0) is 6.54 Å². The molecule has 0 amide bonds. The predicted molar refractivity (Wildman–Crippen MR) is 94.5 cm³/mol. The zero-order valence-electron chi connectivity index (χ0n) is 14.4. The normalized spacial score (nSPS) is 17.5. The molecule has 0 saturated carbocycles. The molecule has 0 aliphatic carbocycles. The molecule has 7 heteroatoms. The lowest BCUT2D eigenvalue weighted by atomic mass is 9.87. The standard InChI is InChI=1S/C18H24N4O3/c1-14-4-2-3-5-18(14)15-6-8-20(9-7-15)12-17(23)13-21-11-16(10-19-21)22(24)25/h2-5,10-11,15,17,23H,6-9,12-13H2,1H3/t17-/m1/s1. The third kappa shape index (κ3) is 4.43. The van der Waals surface area contributed by atoms with Crippen LogP contribution in [0.25, 0.3) is 0 Å². The van der Waals surface area contributed by atoms with E-state index in [2.05, 4.69) is 41.2 Å². The maximum Gasteiger partial charge on any atom is 0.306 e. The Bertz CT molecular complexity index is 723.